The number of nitrogens with zero attached hydrogens (tertiary/aromatic N) is 1. The minimum absolute atomic E-state index is 0.152. The molecule has 2 aromatic carbocycles. The van der Waals surface area contributed by atoms with E-state index < -0.39 is 6.04 Å². The molecule has 2 amide bonds. The van der Waals surface area contributed by atoms with E-state index in [-0.39, 0.29) is 18.4 Å². The molecule has 0 bridgehead atoms. The van der Waals surface area contributed by atoms with Crippen LogP contribution < -0.4 is 10.1 Å². The fraction of sp³-hybridized carbons (Fsp3) is 0.364. The van der Waals surface area contributed by atoms with Crippen molar-refractivity contribution in [1.82, 2.24) is 10.2 Å². The van der Waals surface area contributed by atoms with E-state index in [4.69, 9.17) is 16.3 Å². The Kier molecular flexibility index (Phi) is 9.48. The molecule has 1 N–H and O–H groups in total. The Balaban J connectivity index is 2.17. The van der Waals surface area contributed by atoms with Crippen LogP contribution in [-0.2, 0) is 16.1 Å². The largest absolute Gasteiger partial charge is 0.482 e. The van der Waals surface area contributed by atoms with Gasteiger partial charge in [-0.05, 0) is 36.6 Å². The first-order chi connectivity index (χ1) is 14.0. The Labute approximate surface area is 185 Å². The summed E-state index contributed by atoms with van der Waals surface area (Å²) in [6.07, 6.45) is 1.34. The number of hydrogen-bond donors (Lipinski definition) is 1. The lowest BCUT2D eigenvalue weighted by atomic mass is 10.1. The van der Waals surface area contributed by atoms with Crippen LogP contribution in [0.25, 0.3) is 0 Å². The summed E-state index contributed by atoms with van der Waals surface area (Å²) in [5, 5.41) is 3.31. The molecule has 0 aliphatic heterocycles. The molecule has 7 heteroatoms. The normalized spacial score (nSPS) is 11.6. The van der Waals surface area contributed by atoms with Crippen molar-refractivity contribution < 1.29 is 14.3 Å². The Morgan fingerprint density at radius 1 is 1.17 bits per heavy atom. The molecule has 0 aliphatic carbocycles. The quantitative estimate of drug-likeness (QED) is 0.529. The number of ether oxygens (including phenoxy) is 1. The second-order valence-electron chi connectivity index (χ2n) is 6.59. The zero-order chi connectivity index (χ0) is 21.2. The fourth-order valence-corrected chi connectivity index (χ4v) is 3.61. The third-order valence-electron chi connectivity index (χ3n) is 4.38. The fourth-order valence-electron chi connectivity index (χ4n) is 2.88. The monoisotopic (exact) mass is 480 g/mol. The highest BCUT2D eigenvalue weighted by Gasteiger charge is 2.28. The van der Waals surface area contributed by atoms with Gasteiger partial charge in [-0.15, -0.1) is 0 Å². The molecule has 2 rings (SSSR count). The number of hydrogen-bond acceptors (Lipinski definition) is 3. The van der Waals surface area contributed by atoms with Crippen molar-refractivity contribution in [3.63, 3.8) is 0 Å². The molecule has 156 valence electrons. The molecular weight excluding hydrogens is 456 g/mol. The Hall–Kier alpha value is -2.05. The van der Waals surface area contributed by atoms with E-state index in [2.05, 4.69) is 21.2 Å². The van der Waals surface area contributed by atoms with E-state index in [1.54, 1.807) is 23.1 Å². The molecule has 0 radical (unpaired) electrons. The molecule has 0 spiro atoms. The summed E-state index contributed by atoms with van der Waals surface area (Å²) in [4.78, 5) is 27.3. The molecule has 0 unspecified atom stereocenters. The smallest absolute Gasteiger partial charge is 0.261 e. The molecule has 5 nitrogen and oxygen atoms in total. The van der Waals surface area contributed by atoms with Crippen molar-refractivity contribution >= 4 is 39.3 Å². The number of amides is 2. The minimum atomic E-state index is -0.571. The van der Waals surface area contributed by atoms with E-state index in [1.807, 2.05) is 44.2 Å². The van der Waals surface area contributed by atoms with Gasteiger partial charge in [0.05, 0.1) is 5.02 Å². The summed E-state index contributed by atoms with van der Waals surface area (Å²) in [7, 11) is 0. The van der Waals surface area contributed by atoms with Crippen LogP contribution in [0.4, 0.5) is 0 Å². The molecule has 0 aromatic heterocycles. The topological polar surface area (TPSA) is 58.6 Å². The summed E-state index contributed by atoms with van der Waals surface area (Å²) in [5.74, 6) is -0.00185. The molecule has 0 fully saturated rings. The maximum atomic E-state index is 13.0. The van der Waals surface area contributed by atoms with Gasteiger partial charge in [-0.3, -0.25) is 9.59 Å². The van der Waals surface area contributed by atoms with Gasteiger partial charge in [-0.2, -0.15) is 0 Å². The van der Waals surface area contributed by atoms with Gasteiger partial charge in [0.2, 0.25) is 5.91 Å². The lowest BCUT2D eigenvalue weighted by molar-refractivity contribution is -0.143. The Morgan fingerprint density at radius 3 is 2.52 bits per heavy atom. The highest BCUT2D eigenvalue weighted by molar-refractivity contribution is 9.10. The van der Waals surface area contributed by atoms with E-state index in [9.17, 15) is 9.59 Å². The molecular formula is C22H26BrClN2O3. The van der Waals surface area contributed by atoms with Crippen LogP contribution in [0.5, 0.6) is 5.75 Å². The summed E-state index contributed by atoms with van der Waals surface area (Å²) in [6, 6.07) is 14.2. The van der Waals surface area contributed by atoms with Crippen LogP contribution in [-0.4, -0.2) is 35.9 Å². The first kappa shape index (κ1) is 23.2. The molecule has 29 heavy (non-hydrogen) atoms. The highest BCUT2D eigenvalue weighted by atomic mass is 79.9. The number of nitrogens with one attached hydrogen (secondary N) is 1. The average Bonchev–Trinajstić information content (AvgIpc) is 2.72. The van der Waals surface area contributed by atoms with Gasteiger partial charge in [-0.1, -0.05) is 71.7 Å². The standard InChI is InChI=1S/C22H26BrClN2O3/c1-3-12-25-22(28)19(4-2)26(14-16-8-6-5-7-9-16)21(27)15-29-20-11-10-17(23)13-18(20)24/h5-11,13,19H,3-4,12,14-15H2,1-2H3,(H,25,28)/t19-/m0/s1. The third-order valence-corrected chi connectivity index (χ3v) is 5.16. The van der Waals surface area contributed by atoms with Crippen LogP contribution in [0.1, 0.15) is 32.3 Å². The maximum Gasteiger partial charge on any atom is 0.261 e. The highest BCUT2D eigenvalue weighted by Crippen LogP contribution is 2.27. The lowest BCUT2D eigenvalue weighted by Crippen LogP contribution is -2.50. The number of benzene rings is 2. The molecule has 1 atom stereocenters. The SMILES string of the molecule is CCCNC(=O)[C@H](CC)N(Cc1ccccc1)C(=O)COc1ccc(Br)cc1Cl. The van der Waals surface area contributed by atoms with Crippen molar-refractivity contribution in [3.05, 3.63) is 63.6 Å². The molecule has 0 saturated heterocycles. The second kappa shape index (κ2) is 11.8. The Morgan fingerprint density at radius 2 is 1.90 bits per heavy atom. The number of carbonyl (C=O) groups is 2. The average molecular weight is 482 g/mol. The van der Waals surface area contributed by atoms with Crippen molar-refractivity contribution in [1.29, 1.82) is 0 Å². The summed E-state index contributed by atoms with van der Waals surface area (Å²) < 4.78 is 6.48. The second-order valence-corrected chi connectivity index (χ2v) is 7.91. The first-order valence-corrected chi connectivity index (χ1v) is 10.8. The third kappa shape index (κ3) is 7.05. The van der Waals surface area contributed by atoms with E-state index in [0.717, 1.165) is 16.5 Å². The van der Waals surface area contributed by atoms with Gasteiger partial charge in [-0.25, -0.2) is 0 Å². The van der Waals surface area contributed by atoms with E-state index in [0.29, 0.717) is 30.3 Å². The van der Waals surface area contributed by atoms with Crippen LogP contribution in [0, 0.1) is 0 Å². The van der Waals surface area contributed by atoms with Gasteiger partial charge >= 0.3 is 0 Å². The van der Waals surface area contributed by atoms with E-state index >= 15 is 0 Å². The summed E-state index contributed by atoms with van der Waals surface area (Å²) in [6.45, 7) is 4.59. The molecule has 0 aliphatic rings. The van der Waals surface area contributed by atoms with Gasteiger partial charge in [0.1, 0.15) is 11.8 Å². The number of halogens is 2. The predicted molar refractivity (Wildman–Crippen MR) is 119 cm³/mol. The Bertz CT molecular complexity index is 817. The molecule has 0 saturated carbocycles. The van der Waals surface area contributed by atoms with Gasteiger partial charge in [0.25, 0.3) is 5.91 Å². The van der Waals surface area contributed by atoms with Crippen LogP contribution in [0.3, 0.4) is 0 Å². The van der Waals surface area contributed by atoms with Crippen LogP contribution in [0.15, 0.2) is 53.0 Å². The summed E-state index contributed by atoms with van der Waals surface area (Å²) in [5.41, 5.74) is 0.948. The van der Waals surface area contributed by atoms with Gasteiger partial charge in [0.15, 0.2) is 6.61 Å². The van der Waals surface area contributed by atoms with Crippen molar-refractivity contribution in [2.45, 2.75) is 39.3 Å². The van der Waals surface area contributed by atoms with Gasteiger partial charge in [0, 0.05) is 17.6 Å². The van der Waals surface area contributed by atoms with Crippen LogP contribution >= 0.6 is 27.5 Å². The van der Waals surface area contributed by atoms with Crippen molar-refractivity contribution in [2.24, 2.45) is 0 Å². The van der Waals surface area contributed by atoms with Crippen molar-refractivity contribution in [2.75, 3.05) is 13.2 Å². The number of rotatable bonds is 10. The maximum absolute atomic E-state index is 13.0. The zero-order valence-corrected chi connectivity index (χ0v) is 19.0. The zero-order valence-electron chi connectivity index (χ0n) is 16.7. The van der Waals surface area contributed by atoms with Crippen molar-refractivity contribution in [3.8, 4) is 5.75 Å². The lowest BCUT2D eigenvalue weighted by Gasteiger charge is -2.30. The first-order valence-electron chi connectivity index (χ1n) is 9.65. The van der Waals surface area contributed by atoms with Gasteiger partial charge < -0.3 is 15.0 Å². The molecule has 0 heterocycles. The molecule has 2 aromatic rings. The summed E-state index contributed by atoms with van der Waals surface area (Å²) >= 11 is 9.52. The van der Waals surface area contributed by atoms with E-state index in [1.165, 1.54) is 0 Å². The van der Waals surface area contributed by atoms with Crippen LogP contribution in [0.2, 0.25) is 5.02 Å². The number of carbonyl (C=O) groups excluding carboxylic acids is 2. The predicted octanol–water partition coefficient (Wildman–Crippen LogP) is 4.81. The minimum Gasteiger partial charge on any atom is -0.482 e.